The molecule has 19 heavy (non-hydrogen) atoms. The van der Waals surface area contributed by atoms with Crippen molar-refractivity contribution in [3.05, 3.63) is 23.9 Å². The summed E-state index contributed by atoms with van der Waals surface area (Å²) in [5.41, 5.74) is 7.20. The topological polar surface area (TPSA) is 54.2 Å². The summed E-state index contributed by atoms with van der Waals surface area (Å²) >= 11 is 0. The molecule has 1 aliphatic heterocycles. The Morgan fingerprint density at radius 3 is 2.63 bits per heavy atom. The van der Waals surface area contributed by atoms with Crippen LogP contribution in [0.5, 0.6) is 0 Å². The standard InChI is InChI=1S/C13H22N4.2ClH/c1-2-4-12(17-9-7-15-8-10-17)11-5-3-6-16-13(11)14;;/h3,5-6,12,15H,2,4,7-10H2,1H3,(H2,14,16);2*1H/t12-;;/m1../s1. The van der Waals surface area contributed by atoms with Crippen LogP contribution in [0.25, 0.3) is 0 Å². The fourth-order valence-corrected chi connectivity index (χ4v) is 2.51. The minimum atomic E-state index is 0. The van der Waals surface area contributed by atoms with Crippen LogP contribution in [0.4, 0.5) is 5.82 Å². The van der Waals surface area contributed by atoms with Crippen molar-refractivity contribution in [1.82, 2.24) is 15.2 Å². The van der Waals surface area contributed by atoms with Crippen LogP contribution < -0.4 is 11.1 Å². The predicted octanol–water partition coefficient (Wildman–Crippen LogP) is 2.25. The van der Waals surface area contributed by atoms with Crippen molar-refractivity contribution in [3.8, 4) is 0 Å². The minimum absolute atomic E-state index is 0. The van der Waals surface area contributed by atoms with Gasteiger partial charge >= 0.3 is 0 Å². The average molecular weight is 307 g/mol. The molecule has 0 amide bonds. The van der Waals surface area contributed by atoms with Gasteiger partial charge in [-0.3, -0.25) is 4.90 Å². The normalized spacial score (nSPS) is 17.1. The van der Waals surface area contributed by atoms with E-state index in [9.17, 15) is 0 Å². The molecule has 0 aliphatic carbocycles. The van der Waals surface area contributed by atoms with Crippen molar-refractivity contribution in [2.24, 2.45) is 0 Å². The van der Waals surface area contributed by atoms with Gasteiger partial charge in [-0.1, -0.05) is 19.4 Å². The first kappa shape index (κ1) is 18.4. The number of nitrogen functional groups attached to an aromatic ring is 1. The molecule has 1 atom stereocenters. The smallest absolute Gasteiger partial charge is 0.128 e. The Morgan fingerprint density at radius 1 is 1.37 bits per heavy atom. The van der Waals surface area contributed by atoms with Crippen LogP contribution in [0.2, 0.25) is 0 Å². The van der Waals surface area contributed by atoms with Crippen LogP contribution in [-0.4, -0.2) is 36.1 Å². The van der Waals surface area contributed by atoms with Gasteiger partial charge < -0.3 is 11.1 Å². The third-order valence-corrected chi connectivity index (χ3v) is 3.38. The molecule has 0 unspecified atom stereocenters. The second-order valence-corrected chi connectivity index (χ2v) is 4.57. The first-order chi connectivity index (χ1) is 8.33. The first-order valence-electron chi connectivity index (χ1n) is 6.48. The van der Waals surface area contributed by atoms with Crippen LogP contribution in [0.15, 0.2) is 18.3 Å². The Bertz CT molecular complexity index is 356. The zero-order chi connectivity index (χ0) is 12.1. The van der Waals surface area contributed by atoms with Gasteiger partial charge in [0, 0.05) is 44.0 Å². The van der Waals surface area contributed by atoms with Gasteiger partial charge in [-0.15, -0.1) is 24.8 Å². The largest absolute Gasteiger partial charge is 0.383 e. The summed E-state index contributed by atoms with van der Waals surface area (Å²) in [5.74, 6) is 0.685. The van der Waals surface area contributed by atoms with E-state index < -0.39 is 0 Å². The van der Waals surface area contributed by atoms with E-state index in [0.29, 0.717) is 11.9 Å². The van der Waals surface area contributed by atoms with E-state index >= 15 is 0 Å². The molecule has 1 saturated heterocycles. The highest BCUT2D eigenvalue weighted by Crippen LogP contribution is 2.28. The summed E-state index contributed by atoms with van der Waals surface area (Å²) in [5, 5.41) is 3.39. The zero-order valence-electron chi connectivity index (χ0n) is 11.3. The lowest BCUT2D eigenvalue weighted by Gasteiger charge is -2.35. The van der Waals surface area contributed by atoms with Crippen LogP contribution in [0, 0.1) is 0 Å². The molecule has 0 aromatic carbocycles. The maximum atomic E-state index is 6.00. The molecule has 110 valence electrons. The Balaban J connectivity index is 0.00000162. The van der Waals surface area contributed by atoms with E-state index in [2.05, 4.69) is 28.2 Å². The van der Waals surface area contributed by atoms with Gasteiger partial charge in [0.05, 0.1) is 0 Å². The molecular weight excluding hydrogens is 283 g/mol. The van der Waals surface area contributed by atoms with Crippen molar-refractivity contribution < 1.29 is 0 Å². The van der Waals surface area contributed by atoms with Gasteiger partial charge in [0.2, 0.25) is 0 Å². The monoisotopic (exact) mass is 306 g/mol. The second kappa shape index (κ2) is 9.37. The Kier molecular flexibility index (Phi) is 9.10. The molecular formula is C13H24Cl2N4. The van der Waals surface area contributed by atoms with Crippen LogP contribution in [0.3, 0.4) is 0 Å². The number of pyridine rings is 1. The highest BCUT2D eigenvalue weighted by Gasteiger charge is 2.23. The summed E-state index contributed by atoms with van der Waals surface area (Å²) in [6, 6.07) is 4.53. The van der Waals surface area contributed by atoms with Crippen molar-refractivity contribution in [2.45, 2.75) is 25.8 Å². The van der Waals surface area contributed by atoms with E-state index in [-0.39, 0.29) is 24.8 Å². The maximum absolute atomic E-state index is 6.00. The van der Waals surface area contributed by atoms with Crippen molar-refractivity contribution in [2.75, 3.05) is 31.9 Å². The molecule has 0 bridgehead atoms. The zero-order valence-corrected chi connectivity index (χ0v) is 13.0. The SMILES string of the molecule is CCC[C@H](c1cccnc1N)N1CCNCC1.Cl.Cl. The summed E-state index contributed by atoms with van der Waals surface area (Å²) in [7, 11) is 0. The molecule has 1 aromatic rings. The summed E-state index contributed by atoms with van der Waals surface area (Å²) < 4.78 is 0. The number of rotatable bonds is 4. The van der Waals surface area contributed by atoms with E-state index in [1.54, 1.807) is 6.20 Å². The van der Waals surface area contributed by atoms with Gasteiger partial charge in [-0.05, 0) is 12.5 Å². The lowest BCUT2D eigenvalue weighted by Crippen LogP contribution is -2.45. The predicted molar refractivity (Wildman–Crippen MR) is 85.2 cm³/mol. The molecule has 0 spiro atoms. The molecule has 2 rings (SSSR count). The average Bonchev–Trinajstić information content (AvgIpc) is 2.38. The molecule has 0 saturated carbocycles. The molecule has 3 N–H and O–H groups in total. The van der Waals surface area contributed by atoms with Gasteiger partial charge in [-0.2, -0.15) is 0 Å². The molecule has 0 radical (unpaired) electrons. The Morgan fingerprint density at radius 2 is 2.05 bits per heavy atom. The van der Waals surface area contributed by atoms with E-state index in [1.807, 2.05) is 6.07 Å². The molecule has 4 nitrogen and oxygen atoms in total. The lowest BCUT2D eigenvalue weighted by molar-refractivity contribution is 0.165. The second-order valence-electron chi connectivity index (χ2n) is 4.57. The highest BCUT2D eigenvalue weighted by molar-refractivity contribution is 5.85. The number of hydrogen-bond donors (Lipinski definition) is 2. The van der Waals surface area contributed by atoms with Gasteiger partial charge in [-0.25, -0.2) is 4.98 Å². The van der Waals surface area contributed by atoms with Gasteiger partial charge in [0.25, 0.3) is 0 Å². The quantitative estimate of drug-likeness (QED) is 0.896. The van der Waals surface area contributed by atoms with E-state index in [4.69, 9.17) is 5.73 Å². The number of piperazine rings is 1. The number of nitrogens with two attached hydrogens (primary N) is 1. The molecule has 1 fully saturated rings. The number of aromatic nitrogens is 1. The van der Waals surface area contributed by atoms with E-state index in [0.717, 1.165) is 32.6 Å². The molecule has 1 aromatic heterocycles. The van der Waals surface area contributed by atoms with Crippen LogP contribution in [-0.2, 0) is 0 Å². The number of nitrogens with one attached hydrogen (secondary N) is 1. The van der Waals surface area contributed by atoms with Crippen molar-refractivity contribution in [3.63, 3.8) is 0 Å². The molecule has 6 heteroatoms. The summed E-state index contributed by atoms with van der Waals surface area (Å²) in [6.45, 7) is 6.56. The Labute approximate surface area is 128 Å². The van der Waals surface area contributed by atoms with E-state index in [1.165, 1.54) is 12.0 Å². The fourth-order valence-electron chi connectivity index (χ4n) is 2.51. The summed E-state index contributed by atoms with van der Waals surface area (Å²) in [4.78, 5) is 6.73. The number of nitrogens with zero attached hydrogens (tertiary/aromatic N) is 2. The van der Waals surface area contributed by atoms with Gasteiger partial charge in [0.1, 0.15) is 5.82 Å². The fraction of sp³-hybridized carbons (Fsp3) is 0.615. The summed E-state index contributed by atoms with van der Waals surface area (Å²) in [6.07, 6.45) is 4.08. The van der Waals surface area contributed by atoms with Crippen molar-refractivity contribution >= 4 is 30.6 Å². The van der Waals surface area contributed by atoms with Crippen molar-refractivity contribution in [1.29, 1.82) is 0 Å². The molecule has 2 heterocycles. The third kappa shape index (κ3) is 4.80. The lowest BCUT2D eigenvalue weighted by atomic mass is 10.0. The van der Waals surface area contributed by atoms with Crippen LogP contribution >= 0.6 is 24.8 Å². The highest BCUT2D eigenvalue weighted by atomic mass is 35.5. The number of anilines is 1. The molecule has 1 aliphatic rings. The minimum Gasteiger partial charge on any atom is -0.383 e. The maximum Gasteiger partial charge on any atom is 0.128 e. The first-order valence-corrected chi connectivity index (χ1v) is 6.48. The Hall–Kier alpha value is -0.550. The number of halogens is 2. The number of hydrogen-bond acceptors (Lipinski definition) is 4. The van der Waals surface area contributed by atoms with Gasteiger partial charge in [0.15, 0.2) is 0 Å². The van der Waals surface area contributed by atoms with Crippen LogP contribution in [0.1, 0.15) is 31.4 Å². The third-order valence-electron chi connectivity index (χ3n) is 3.38.